The van der Waals surface area contributed by atoms with Crippen molar-refractivity contribution in [1.82, 2.24) is 0 Å². The van der Waals surface area contributed by atoms with Gasteiger partial charge in [0.05, 0.1) is 11.4 Å². The molecule has 1 aliphatic rings. The Morgan fingerprint density at radius 2 is 1.92 bits per heavy atom. The summed E-state index contributed by atoms with van der Waals surface area (Å²) in [6, 6.07) is 0. The summed E-state index contributed by atoms with van der Waals surface area (Å²) < 4.78 is 27.9. The Bertz CT molecular complexity index is 254. The first-order valence-corrected chi connectivity index (χ1v) is 6.64. The smallest absolute Gasteiger partial charge is 0.152 e. The van der Waals surface area contributed by atoms with Crippen LogP contribution < -0.4 is 0 Å². The minimum absolute atomic E-state index is 0.108. The zero-order valence-electron chi connectivity index (χ0n) is 8.49. The van der Waals surface area contributed by atoms with Crippen molar-refractivity contribution in [2.24, 2.45) is 5.92 Å². The van der Waals surface area contributed by atoms with E-state index in [0.29, 0.717) is 5.92 Å². The Labute approximate surface area is 80.4 Å². The summed E-state index contributed by atoms with van der Waals surface area (Å²) in [6.45, 7) is 1.74. The number of methoxy groups -OCH3 is 1. The molecule has 0 N–H and O–H groups in total. The van der Waals surface area contributed by atoms with Crippen LogP contribution in [0.3, 0.4) is 0 Å². The normalized spacial score (nSPS) is 23.6. The highest BCUT2D eigenvalue weighted by Gasteiger charge is 2.35. The van der Waals surface area contributed by atoms with E-state index in [1.165, 1.54) is 12.7 Å². The van der Waals surface area contributed by atoms with E-state index in [1.54, 1.807) is 14.0 Å². The second kappa shape index (κ2) is 3.96. The van der Waals surface area contributed by atoms with Crippen LogP contribution in [0, 0.1) is 5.92 Å². The Hall–Kier alpha value is -0.0900. The second-order valence-corrected chi connectivity index (χ2v) is 6.33. The fourth-order valence-electron chi connectivity index (χ4n) is 1.78. The van der Waals surface area contributed by atoms with Gasteiger partial charge in [-0.3, -0.25) is 0 Å². The van der Waals surface area contributed by atoms with E-state index in [-0.39, 0.29) is 11.4 Å². The van der Waals surface area contributed by atoms with Gasteiger partial charge >= 0.3 is 0 Å². The van der Waals surface area contributed by atoms with Crippen LogP contribution in [0.1, 0.15) is 26.2 Å². The molecule has 0 aromatic rings. The first-order chi connectivity index (χ1) is 5.96. The van der Waals surface area contributed by atoms with Crippen LogP contribution in [0.25, 0.3) is 0 Å². The summed E-state index contributed by atoms with van der Waals surface area (Å²) in [6.07, 6.45) is 4.60. The van der Waals surface area contributed by atoms with Crippen LogP contribution in [-0.4, -0.2) is 33.1 Å². The fourth-order valence-corrected chi connectivity index (χ4v) is 2.60. The summed E-state index contributed by atoms with van der Waals surface area (Å²) in [5.74, 6) is 0.453. The van der Waals surface area contributed by atoms with Gasteiger partial charge in [-0.15, -0.1) is 0 Å². The summed E-state index contributed by atoms with van der Waals surface area (Å²) in [7, 11) is -1.36. The van der Waals surface area contributed by atoms with Crippen molar-refractivity contribution in [2.45, 2.75) is 37.5 Å². The lowest BCUT2D eigenvalue weighted by molar-refractivity contribution is 0.0194. The maximum Gasteiger partial charge on any atom is 0.152 e. The molecule has 78 valence electrons. The molecule has 13 heavy (non-hydrogen) atoms. The maximum absolute atomic E-state index is 11.3. The highest BCUT2D eigenvalue weighted by Crippen LogP contribution is 2.33. The topological polar surface area (TPSA) is 43.4 Å². The van der Waals surface area contributed by atoms with E-state index >= 15 is 0 Å². The average Bonchev–Trinajstić information content (AvgIpc) is 1.93. The average molecular weight is 206 g/mol. The van der Waals surface area contributed by atoms with Crippen LogP contribution in [0.15, 0.2) is 0 Å². The molecule has 0 aromatic heterocycles. The number of ether oxygens (including phenoxy) is 1. The minimum atomic E-state index is -2.96. The van der Waals surface area contributed by atoms with Gasteiger partial charge in [-0.2, -0.15) is 0 Å². The molecule has 0 aliphatic heterocycles. The van der Waals surface area contributed by atoms with E-state index in [1.807, 2.05) is 0 Å². The predicted molar refractivity (Wildman–Crippen MR) is 52.4 cm³/mol. The lowest BCUT2D eigenvalue weighted by Gasteiger charge is -2.35. The molecule has 3 nitrogen and oxygen atoms in total. The summed E-state index contributed by atoms with van der Waals surface area (Å²) >= 11 is 0. The monoisotopic (exact) mass is 206 g/mol. The number of rotatable bonds is 4. The van der Waals surface area contributed by atoms with Crippen molar-refractivity contribution in [3.63, 3.8) is 0 Å². The number of sulfone groups is 1. The van der Waals surface area contributed by atoms with Gasteiger partial charge in [-0.05, 0) is 25.7 Å². The molecule has 0 unspecified atom stereocenters. The molecule has 1 rings (SSSR count). The van der Waals surface area contributed by atoms with Crippen LogP contribution in [-0.2, 0) is 14.6 Å². The largest absolute Gasteiger partial charge is 0.380 e. The molecule has 1 fully saturated rings. The fraction of sp³-hybridized carbons (Fsp3) is 1.00. The van der Waals surface area contributed by atoms with E-state index < -0.39 is 9.84 Å². The third kappa shape index (κ3) is 2.44. The predicted octanol–water partition coefficient (Wildman–Crippen LogP) is 1.23. The molecule has 0 aromatic carbocycles. The van der Waals surface area contributed by atoms with Crippen molar-refractivity contribution < 1.29 is 13.2 Å². The molecule has 4 heteroatoms. The summed E-state index contributed by atoms with van der Waals surface area (Å²) in [5, 5.41) is -0.372. The zero-order valence-corrected chi connectivity index (χ0v) is 9.30. The standard InChI is InChI=1S/C9H18O3S/c1-7(13(3,10)11)9(12-2)8-5-4-6-8/h7-9H,4-6H2,1-3H3/t7-,9+/m0/s1. The lowest BCUT2D eigenvalue weighted by Crippen LogP contribution is -2.41. The quantitative estimate of drug-likeness (QED) is 0.695. The zero-order chi connectivity index (χ0) is 10.1. The van der Waals surface area contributed by atoms with Crippen molar-refractivity contribution in [1.29, 1.82) is 0 Å². The Morgan fingerprint density at radius 3 is 2.15 bits per heavy atom. The van der Waals surface area contributed by atoms with E-state index in [2.05, 4.69) is 0 Å². The van der Waals surface area contributed by atoms with Crippen molar-refractivity contribution in [2.75, 3.05) is 13.4 Å². The van der Waals surface area contributed by atoms with Crippen molar-refractivity contribution in [3.05, 3.63) is 0 Å². The Kier molecular flexibility index (Phi) is 3.35. The molecule has 1 saturated carbocycles. The van der Waals surface area contributed by atoms with Gasteiger partial charge in [0.2, 0.25) is 0 Å². The maximum atomic E-state index is 11.3. The third-order valence-electron chi connectivity index (χ3n) is 3.02. The highest BCUT2D eigenvalue weighted by atomic mass is 32.2. The first kappa shape index (κ1) is 11.0. The van der Waals surface area contributed by atoms with Gasteiger partial charge in [0.25, 0.3) is 0 Å². The summed E-state index contributed by atoms with van der Waals surface area (Å²) in [4.78, 5) is 0. The van der Waals surface area contributed by atoms with Crippen molar-refractivity contribution in [3.8, 4) is 0 Å². The van der Waals surface area contributed by atoms with Gasteiger partial charge < -0.3 is 4.74 Å². The number of hydrogen-bond donors (Lipinski definition) is 0. The summed E-state index contributed by atoms with van der Waals surface area (Å²) in [5.41, 5.74) is 0. The highest BCUT2D eigenvalue weighted by molar-refractivity contribution is 7.91. The van der Waals surface area contributed by atoms with Crippen LogP contribution in [0.2, 0.25) is 0 Å². The first-order valence-electron chi connectivity index (χ1n) is 4.68. The second-order valence-electron chi connectivity index (χ2n) is 3.93. The SMILES string of the molecule is CO[C@@H](C1CCC1)[C@H](C)S(C)(=O)=O. The van der Waals surface area contributed by atoms with Crippen LogP contribution in [0.5, 0.6) is 0 Å². The minimum Gasteiger partial charge on any atom is -0.380 e. The van der Waals surface area contributed by atoms with Gasteiger partial charge in [-0.25, -0.2) is 8.42 Å². The Balaban J connectivity index is 2.65. The molecule has 0 bridgehead atoms. The molecule has 0 amide bonds. The van der Waals surface area contributed by atoms with Gasteiger partial charge in [0.15, 0.2) is 9.84 Å². The van der Waals surface area contributed by atoms with Gasteiger partial charge in [-0.1, -0.05) is 6.42 Å². The van der Waals surface area contributed by atoms with E-state index in [0.717, 1.165) is 12.8 Å². The molecule has 0 saturated heterocycles. The van der Waals surface area contributed by atoms with Crippen LogP contribution >= 0.6 is 0 Å². The Morgan fingerprint density at radius 1 is 1.38 bits per heavy atom. The van der Waals surface area contributed by atoms with Gasteiger partial charge in [0.1, 0.15) is 0 Å². The van der Waals surface area contributed by atoms with Crippen LogP contribution in [0.4, 0.5) is 0 Å². The molecule has 2 atom stereocenters. The van der Waals surface area contributed by atoms with Gasteiger partial charge in [0, 0.05) is 13.4 Å². The molecule has 1 aliphatic carbocycles. The molecule has 0 heterocycles. The number of hydrogen-bond acceptors (Lipinski definition) is 3. The molecule has 0 radical (unpaired) electrons. The lowest BCUT2D eigenvalue weighted by atomic mass is 9.80. The van der Waals surface area contributed by atoms with E-state index in [4.69, 9.17) is 4.74 Å². The van der Waals surface area contributed by atoms with E-state index in [9.17, 15) is 8.42 Å². The molecular formula is C9H18O3S. The van der Waals surface area contributed by atoms with Crippen molar-refractivity contribution >= 4 is 9.84 Å². The molecule has 0 spiro atoms. The third-order valence-corrected chi connectivity index (χ3v) is 4.64. The molecular weight excluding hydrogens is 188 g/mol.